The second-order valence-electron chi connectivity index (χ2n) is 5.35. The van der Waals surface area contributed by atoms with Crippen molar-refractivity contribution < 1.29 is 14.3 Å². The maximum Gasteiger partial charge on any atom is 0.338 e. The third kappa shape index (κ3) is 3.92. The number of para-hydroxylation sites is 1. The largest absolute Gasteiger partial charge is 0.452 e. The maximum atomic E-state index is 12.4. The molecule has 1 amide bonds. The van der Waals surface area contributed by atoms with Gasteiger partial charge in [-0.1, -0.05) is 24.3 Å². The van der Waals surface area contributed by atoms with Crippen LogP contribution in [0.5, 0.6) is 0 Å². The number of anilines is 1. The summed E-state index contributed by atoms with van der Waals surface area (Å²) in [6.07, 6.45) is 1.42. The third-order valence-corrected chi connectivity index (χ3v) is 3.71. The summed E-state index contributed by atoms with van der Waals surface area (Å²) in [7, 11) is 0. The molecule has 0 atom stereocenters. The van der Waals surface area contributed by atoms with Gasteiger partial charge in [0.05, 0.1) is 11.3 Å². The van der Waals surface area contributed by atoms with Gasteiger partial charge in [0.1, 0.15) is 6.33 Å². The van der Waals surface area contributed by atoms with Gasteiger partial charge in [0, 0.05) is 12.2 Å². The van der Waals surface area contributed by atoms with Gasteiger partial charge in [-0.15, -0.1) is 5.10 Å². The highest BCUT2D eigenvalue weighted by Gasteiger charge is 2.17. The fraction of sp³-hybridized carbons (Fsp3) is 0.167. The van der Waals surface area contributed by atoms with E-state index in [0.29, 0.717) is 17.8 Å². The van der Waals surface area contributed by atoms with Gasteiger partial charge in [0.2, 0.25) is 0 Å². The first kappa shape index (κ1) is 17.3. The van der Waals surface area contributed by atoms with Crippen LogP contribution >= 0.6 is 0 Å². The van der Waals surface area contributed by atoms with Crippen LogP contribution < -0.4 is 4.90 Å². The molecule has 0 saturated carbocycles. The van der Waals surface area contributed by atoms with Crippen molar-refractivity contribution in [3.8, 4) is 5.69 Å². The molecular formula is C18H17N5O3. The minimum atomic E-state index is -0.586. The van der Waals surface area contributed by atoms with E-state index in [1.807, 2.05) is 37.3 Å². The average molecular weight is 351 g/mol. The Morgan fingerprint density at radius 1 is 1.12 bits per heavy atom. The van der Waals surface area contributed by atoms with Crippen molar-refractivity contribution in [1.82, 2.24) is 20.2 Å². The molecule has 8 heteroatoms. The van der Waals surface area contributed by atoms with Crippen LogP contribution in [-0.4, -0.2) is 45.2 Å². The number of nitrogens with zero attached hydrogens (tertiary/aromatic N) is 5. The van der Waals surface area contributed by atoms with Crippen molar-refractivity contribution in [1.29, 1.82) is 0 Å². The monoisotopic (exact) mass is 351 g/mol. The highest BCUT2D eigenvalue weighted by molar-refractivity contribution is 5.97. The minimum absolute atomic E-state index is 0.288. The lowest BCUT2D eigenvalue weighted by Crippen LogP contribution is -2.34. The molecule has 0 aliphatic carbocycles. The number of hydrogen-bond donors (Lipinski definition) is 0. The zero-order valence-electron chi connectivity index (χ0n) is 14.1. The summed E-state index contributed by atoms with van der Waals surface area (Å²) >= 11 is 0. The minimum Gasteiger partial charge on any atom is -0.452 e. The molecule has 1 aromatic heterocycles. The van der Waals surface area contributed by atoms with Crippen LogP contribution in [0, 0.1) is 0 Å². The summed E-state index contributed by atoms with van der Waals surface area (Å²) in [5, 5.41) is 10.9. The van der Waals surface area contributed by atoms with Gasteiger partial charge < -0.3 is 9.64 Å². The van der Waals surface area contributed by atoms with Gasteiger partial charge in [0.25, 0.3) is 5.91 Å². The molecule has 0 saturated heterocycles. The van der Waals surface area contributed by atoms with E-state index in [2.05, 4.69) is 15.5 Å². The molecule has 2 aromatic carbocycles. The topological polar surface area (TPSA) is 90.2 Å². The van der Waals surface area contributed by atoms with Gasteiger partial charge in [-0.3, -0.25) is 4.79 Å². The number of hydrogen-bond acceptors (Lipinski definition) is 6. The maximum absolute atomic E-state index is 12.4. The second-order valence-corrected chi connectivity index (χ2v) is 5.35. The molecule has 0 N–H and O–H groups in total. The Kier molecular flexibility index (Phi) is 5.33. The summed E-state index contributed by atoms with van der Waals surface area (Å²) in [6, 6.07) is 15.9. The Hall–Kier alpha value is -3.55. The molecule has 3 rings (SSSR count). The second kappa shape index (κ2) is 8.02. The van der Waals surface area contributed by atoms with E-state index in [1.165, 1.54) is 11.0 Å². The molecule has 0 radical (unpaired) electrons. The summed E-state index contributed by atoms with van der Waals surface area (Å²) in [4.78, 5) is 26.2. The van der Waals surface area contributed by atoms with Gasteiger partial charge in [-0.05, 0) is 47.7 Å². The van der Waals surface area contributed by atoms with Crippen molar-refractivity contribution in [2.45, 2.75) is 6.92 Å². The van der Waals surface area contributed by atoms with E-state index >= 15 is 0 Å². The van der Waals surface area contributed by atoms with Crippen molar-refractivity contribution in [3.63, 3.8) is 0 Å². The van der Waals surface area contributed by atoms with Crippen LogP contribution in [0.15, 0.2) is 60.9 Å². The Bertz CT molecular complexity index is 881. The molecule has 0 aliphatic heterocycles. The number of carbonyl (C=O) groups excluding carboxylic acids is 2. The van der Waals surface area contributed by atoms with E-state index in [1.54, 1.807) is 29.2 Å². The molecule has 0 bridgehead atoms. The fourth-order valence-corrected chi connectivity index (χ4v) is 2.45. The van der Waals surface area contributed by atoms with Crippen LogP contribution in [0.1, 0.15) is 17.3 Å². The lowest BCUT2D eigenvalue weighted by atomic mass is 10.2. The zero-order valence-corrected chi connectivity index (χ0v) is 14.1. The quantitative estimate of drug-likeness (QED) is 0.630. The van der Waals surface area contributed by atoms with E-state index in [-0.39, 0.29) is 12.5 Å². The molecule has 0 unspecified atom stereocenters. The smallest absolute Gasteiger partial charge is 0.338 e. The molecular weight excluding hydrogens is 334 g/mol. The molecule has 0 spiro atoms. The first-order valence-electron chi connectivity index (χ1n) is 8.05. The summed E-state index contributed by atoms with van der Waals surface area (Å²) in [5.41, 5.74) is 1.69. The van der Waals surface area contributed by atoms with E-state index < -0.39 is 5.97 Å². The molecule has 132 valence electrons. The normalized spacial score (nSPS) is 10.3. The Balaban J connectivity index is 1.65. The van der Waals surface area contributed by atoms with Gasteiger partial charge >= 0.3 is 5.97 Å². The lowest BCUT2D eigenvalue weighted by Gasteiger charge is -2.20. The molecule has 3 aromatic rings. The molecule has 8 nitrogen and oxygen atoms in total. The van der Waals surface area contributed by atoms with Crippen molar-refractivity contribution in [2.75, 3.05) is 18.1 Å². The number of benzene rings is 2. The molecule has 26 heavy (non-hydrogen) atoms. The standard InChI is InChI=1S/C18H17N5O3/c1-2-22(15-8-4-3-5-9-15)17(24)12-26-18(25)14-7-6-10-16(11-14)23-13-19-20-21-23/h3-11,13H,2,12H2,1H3. The Morgan fingerprint density at radius 3 is 2.62 bits per heavy atom. The number of esters is 1. The van der Waals surface area contributed by atoms with Crippen LogP contribution in [-0.2, 0) is 9.53 Å². The highest BCUT2D eigenvalue weighted by atomic mass is 16.5. The van der Waals surface area contributed by atoms with E-state index in [9.17, 15) is 9.59 Å². The number of carbonyl (C=O) groups is 2. The Labute approximate surface area is 150 Å². The summed E-state index contributed by atoms with van der Waals surface area (Å²) in [5.74, 6) is -0.874. The Morgan fingerprint density at radius 2 is 1.92 bits per heavy atom. The molecule has 0 fully saturated rings. The van der Waals surface area contributed by atoms with Crippen molar-refractivity contribution in [3.05, 3.63) is 66.5 Å². The van der Waals surface area contributed by atoms with E-state index in [0.717, 1.165) is 5.69 Å². The predicted octanol–water partition coefficient (Wildman–Crippen LogP) is 1.87. The fourth-order valence-electron chi connectivity index (χ4n) is 2.45. The van der Waals surface area contributed by atoms with Crippen LogP contribution in [0.4, 0.5) is 5.69 Å². The third-order valence-electron chi connectivity index (χ3n) is 3.71. The van der Waals surface area contributed by atoms with Gasteiger partial charge in [0.15, 0.2) is 6.61 Å². The molecule has 1 heterocycles. The SMILES string of the molecule is CCN(C(=O)COC(=O)c1cccc(-n2cnnn2)c1)c1ccccc1. The summed E-state index contributed by atoms with van der Waals surface area (Å²) in [6.45, 7) is 2.01. The molecule has 0 aliphatic rings. The first-order valence-corrected chi connectivity index (χ1v) is 8.05. The number of tetrazole rings is 1. The number of rotatable bonds is 6. The van der Waals surface area contributed by atoms with Gasteiger partial charge in [-0.2, -0.15) is 0 Å². The van der Waals surface area contributed by atoms with Crippen LogP contribution in [0.25, 0.3) is 5.69 Å². The number of amides is 1. The van der Waals surface area contributed by atoms with Crippen LogP contribution in [0.2, 0.25) is 0 Å². The first-order chi connectivity index (χ1) is 12.7. The van der Waals surface area contributed by atoms with E-state index in [4.69, 9.17) is 4.74 Å². The highest BCUT2D eigenvalue weighted by Crippen LogP contribution is 2.14. The number of aromatic nitrogens is 4. The predicted molar refractivity (Wildman–Crippen MR) is 93.9 cm³/mol. The summed E-state index contributed by atoms with van der Waals surface area (Å²) < 4.78 is 6.60. The number of likely N-dealkylation sites (N-methyl/N-ethyl adjacent to an activating group) is 1. The lowest BCUT2D eigenvalue weighted by molar-refractivity contribution is -0.121. The van der Waals surface area contributed by atoms with Crippen molar-refractivity contribution in [2.24, 2.45) is 0 Å². The number of ether oxygens (including phenoxy) is 1. The van der Waals surface area contributed by atoms with Crippen LogP contribution in [0.3, 0.4) is 0 Å². The van der Waals surface area contributed by atoms with Gasteiger partial charge in [-0.25, -0.2) is 9.48 Å². The average Bonchev–Trinajstić information content (AvgIpc) is 3.22. The van der Waals surface area contributed by atoms with Crippen molar-refractivity contribution >= 4 is 17.6 Å². The zero-order chi connectivity index (χ0) is 18.4.